The Morgan fingerprint density at radius 3 is 2.28 bits per heavy atom. The van der Waals surface area contributed by atoms with Gasteiger partial charge in [-0.15, -0.1) is 0 Å². The lowest BCUT2D eigenvalue weighted by Crippen LogP contribution is -2.32. The van der Waals surface area contributed by atoms with Gasteiger partial charge in [0.15, 0.2) is 0 Å². The molecule has 0 spiro atoms. The quantitative estimate of drug-likeness (QED) is 0.814. The number of anilines is 2. The largest absolute Gasteiger partial charge is 0.376 e. The third-order valence-electron chi connectivity index (χ3n) is 4.10. The van der Waals surface area contributed by atoms with Gasteiger partial charge in [-0.2, -0.15) is 0 Å². The van der Waals surface area contributed by atoms with Crippen LogP contribution < -0.4 is 15.5 Å². The Kier molecular flexibility index (Phi) is 6.57. The number of carbonyl (C=O) groups excluding carboxylic acids is 2. The first-order valence-electron chi connectivity index (χ1n) is 8.47. The lowest BCUT2D eigenvalue weighted by atomic mass is 10.1. The molecule has 2 amide bonds. The van der Waals surface area contributed by atoms with Gasteiger partial charge in [-0.25, -0.2) is 0 Å². The van der Waals surface area contributed by atoms with Crippen LogP contribution in [0.25, 0.3) is 0 Å². The molecule has 2 aromatic carbocycles. The fourth-order valence-electron chi connectivity index (χ4n) is 2.24. The predicted octanol–water partition coefficient (Wildman–Crippen LogP) is 3.29. The third-order valence-corrected chi connectivity index (χ3v) is 4.10. The summed E-state index contributed by atoms with van der Waals surface area (Å²) in [6.45, 7) is 4.19. The number of benzene rings is 2. The first kappa shape index (κ1) is 18.5. The summed E-state index contributed by atoms with van der Waals surface area (Å²) >= 11 is 0. The van der Waals surface area contributed by atoms with Gasteiger partial charge < -0.3 is 15.5 Å². The molecule has 0 fully saturated rings. The summed E-state index contributed by atoms with van der Waals surface area (Å²) in [5.41, 5.74) is 2.26. The number of rotatable bonds is 7. The fourth-order valence-corrected chi connectivity index (χ4v) is 2.24. The van der Waals surface area contributed by atoms with Crippen molar-refractivity contribution < 1.29 is 9.59 Å². The number of amides is 2. The van der Waals surface area contributed by atoms with Crippen LogP contribution in [0.2, 0.25) is 0 Å². The summed E-state index contributed by atoms with van der Waals surface area (Å²) in [6.07, 6.45) is 0.891. The molecule has 5 heteroatoms. The number of carbonyl (C=O) groups is 2. The molecule has 25 heavy (non-hydrogen) atoms. The minimum atomic E-state index is -0.0826. The lowest BCUT2D eigenvalue weighted by molar-refractivity contribution is -0.116. The van der Waals surface area contributed by atoms with E-state index in [1.54, 1.807) is 36.2 Å². The molecule has 0 aliphatic carbocycles. The molecule has 0 bridgehead atoms. The molecule has 1 unspecified atom stereocenters. The van der Waals surface area contributed by atoms with Crippen LogP contribution in [0.1, 0.15) is 30.6 Å². The second-order valence-corrected chi connectivity index (χ2v) is 6.00. The molecule has 2 rings (SSSR count). The van der Waals surface area contributed by atoms with Gasteiger partial charge in [-0.3, -0.25) is 9.59 Å². The van der Waals surface area contributed by atoms with E-state index in [0.29, 0.717) is 5.56 Å². The van der Waals surface area contributed by atoms with Crippen LogP contribution >= 0.6 is 0 Å². The monoisotopic (exact) mass is 339 g/mol. The first-order chi connectivity index (χ1) is 12.0. The lowest BCUT2D eigenvalue weighted by Gasteiger charge is -2.18. The van der Waals surface area contributed by atoms with Gasteiger partial charge in [-0.05, 0) is 49.7 Å². The molecule has 0 saturated heterocycles. The molecule has 0 radical (unpaired) electrons. The zero-order valence-electron chi connectivity index (χ0n) is 15.0. The van der Waals surface area contributed by atoms with Crippen LogP contribution in [-0.2, 0) is 4.79 Å². The molecule has 5 nitrogen and oxygen atoms in total. The smallest absolute Gasteiger partial charge is 0.251 e. The molecule has 0 aliphatic heterocycles. The number of para-hydroxylation sites is 1. The van der Waals surface area contributed by atoms with Gasteiger partial charge in [0, 0.05) is 30.0 Å². The van der Waals surface area contributed by atoms with Crippen LogP contribution in [0.5, 0.6) is 0 Å². The molecule has 2 N–H and O–H groups in total. The van der Waals surface area contributed by atoms with Crippen molar-refractivity contribution in [1.82, 2.24) is 5.32 Å². The van der Waals surface area contributed by atoms with Crippen molar-refractivity contribution in [3.05, 3.63) is 60.2 Å². The van der Waals surface area contributed by atoms with Crippen molar-refractivity contribution in [1.29, 1.82) is 0 Å². The predicted molar refractivity (Wildman–Crippen MR) is 102 cm³/mol. The Balaban J connectivity index is 1.89. The van der Waals surface area contributed by atoms with E-state index in [1.807, 2.05) is 44.2 Å². The van der Waals surface area contributed by atoms with E-state index in [2.05, 4.69) is 10.6 Å². The zero-order valence-corrected chi connectivity index (χ0v) is 15.0. The highest BCUT2D eigenvalue weighted by Crippen LogP contribution is 2.13. The Morgan fingerprint density at radius 1 is 1.04 bits per heavy atom. The van der Waals surface area contributed by atoms with Gasteiger partial charge in [0.2, 0.25) is 5.91 Å². The highest BCUT2D eigenvalue weighted by Gasteiger charge is 2.11. The maximum atomic E-state index is 12.2. The summed E-state index contributed by atoms with van der Waals surface area (Å²) in [6, 6.07) is 16.8. The Morgan fingerprint density at radius 2 is 1.68 bits per heavy atom. The molecule has 0 aliphatic rings. The second-order valence-electron chi connectivity index (χ2n) is 6.00. The molecule has 1 atom stereocenters. The van der Waals surface area contributed by atoms with Gasteiger partial charge in [0.25, 0.3) is 5.91 Å². The highest BCUT2D eigenvalue weighted by atomic mass is 16.2. The fraction of sp³-hybridized carbons (Fsp3) is 0.300. The normalized spacial score (nSPS) is 11.5. The standard InChI is InChI=1S/C20H25N3O2/c1-4-15(2)22-20(25)16-10-12-17(13-11-16)21-14-19(24)23(3)18-8-6-5-7-9-18/h5-13,15,21H,4,14H2,1-3H3,(H,22,25). The third kappa shape index (κ3) is 5.35. The molecular formula is C20H25N3O2. The Labute approximate surface area is 149 Å². The molecule has 0 heterocycles. The highest BCUT2D eigenvalue weighted by molar-refractivity contribution is 5.96. The Hall–Kier alpha value is -2.82. The second kappa shape index (κ2) is 8.87. The molecule has 2 aromatic rings. The van der Waals surface area contributed by atoms with Crippen LogP contribution in [0.15, 0.2) is 54.6 Å². The summed E-state index contributed by atoms with van der Waals surface area (Å²) in [4.78, 5) is 25.9. The van der Waals surface area contributed by atoms with E-state index in [-0.39, 0.29) is 24.4 Å². The number of nitrogens with zero attached hydrogens (tertiary/aromatic N) is 1. The average molecular weight is 339 g/mol. The maximum absolute atomic E-state index is 12.2. The van der Waals surface area contributed by atoms with E-state index >= 15 is 0 Å². The maximum Gasteiger partial charge on any atom is 0.251 e. The number of hydrogen-bond acceptors (Lipinski definition) is 3. The first-order valence-corrected chi connectivity index (χ1v) is 8.47. The summed E-state index contributed by atoms with van der Waals surface area (Å²) in [7, 11) is 1.75. The van der Waals surface area contributed by atoms with Gasteiger partial charge in [0.1, 0.15) is 0 Å². The van der Waals surface area contributed by atoms with E-state index in [9.17, 15) is 9.59 Å². The minimum Gasteiger partial charge on any atom is -0.376 e. The van der Waals surface area contributed by atoms with Crippen molar-refractivity contribution in [2.75, 3.05) is 23.8 Å². The van der Waals surface area contributed by atoms with Crippen molar-refractivity contribution in [3.8, 4) is 0 Å². The number of likely N-dealkylation sites (N-methyl/N-ethyl adjacent to an activating group) is 1. The molecule has 0 aromatic heterocycles. The van der Waals surface area contributed by atoms with E-state index in [4.69, 9.17) is 0 Å². The molecular weight excluding hydrogens is 314 g/mol. The van der Waals surface area contributed by atoms with Crippen LogP contribution in [0.3, 0.4) is 0 Å². The SMILES string of the molecule is CCC(C)NC(=O)c1ccc(NCC(=O)N(C)c2ccccc2)cc1. The molecule has 0 saturated carbocycles. The minimum absolute atomic E-state index is 0.0372. The topological polar surface area (TPSA) is 61.4 Å². The number of nitrogens with one attached hydrogen (secondary N) is 2. The number of hydrogen-bond donors (Lipinski definition) is 2. The average Bonchev–Trinajstić information content (AvgIpc) is 2.66. The van der Waals surface area contributed by atoms with E-state index in [1.165, 1.54) is 0 Å². The summed E-state index contributed by atoms with van der Waals surface area (Å²) in [5.74, 6) is -0.120. The molecule has 132 valence electrons. The summed E-state index contributed by atoms with van der Waals surface area (Å²) < 4.78 is 0. The van der Waals surface area contributed by atoms with Crippen molar-refractivity contribution >= 4 is 23.2 Å². The van der Waals surface area contributed by atoms with Gasteiger partial charge in [-0.1, -0.05) is 25.1 Å². The summed E-state index contributed by atoms with van der Waals surface area (Å²) in [5, 5.41) is 6.02. The zero-order chi connectivity index (χ0) is 18.2. The van der Waals surface area contributed by atoms with Crippen molar-refractivity contribution in [2.45, 2.75) is 26.3 Å². The van der Waals surface area contributed by atoms with Crippen LogP contribution in [0.4, 0.5) is 11.4 Å². The van der Waals surface area contributed by atoms with Gasteiger partial charge >= 0.3 is 0 Å². The van der Waals surface area contributed by atoms with Crippen molar-refractivity contribution in [3.63, 3.8) is 0 Å². The van der Waals surface area contributed by atoms with Crippen LogP contribution in [-0.4, -0.2) is 31.4 Å². The van der Waals surface area contributed by atoms with E-state index in [0.717, 1.165) is 17.8 Å². The van der Waals surface area contributed by atoms with Gasteiger partial charge in [0.05, 0.1) is 6.54 Å². The Bertz CT molecular complexity index is 699. The van der Waals surface area contributed by atoms with Crippen LogP contribution in [0, 0.1) is 0 Å². The van der Waals surface area contributed by atoms with Crippen molar-refractivity contribution in [2.24, 2.45) is 0 Å². The van der Waals surface area contributed by atoms with E-state index < -0.39 is 0 Å².